The molecule has 2 heterocycles. The van der Waals surface area contributed by atoms with E-state index in [-0.39, 0.29) is 0 Å². The van der Waals surface area contributed by atoms with Crippen molar-refractivity contribution >= 4 is 38.9 Å². The van der Waals surface area contributed by atoms with Gasteiger partial charge in [-0.3, -0.25) is 0 Å². The van der Waals surface area contributed by atoms with Crippen LogP contribution in [0.4, 0.5) is 5.69 Å². The van der Waals surface area contributed by atoms with Crippen LogP contribution in [0.25, 0.3) is 0 Å². The zero-order chi connectivity index (χ0) is 16.2. The van der Waals surface area contributed by atoms with Crippen molar-refractivity contribution in [1.29, 1.82) is 0 Å². The van der Waals surface area contributed by atoms with Crippen LogP contribution in [0.2, 0.25) is 0 Å². The monoisotopic (exact) mass is 395 g/mol. The molecule has 23 heavy (non-hydrogen) atoms. The number of quaternary nitrogens is 1. The lowest BCUT2D eigenvalue weighted by Gasteiger charge is -2.33. The predicted molar refractivity (Wildman–Crippen MR) is 97.6 cm³/mol. The van der Waals surface area contributed by atoms with Gasteiger partial charge in [0.1, 0.15) is 18.0 Å². The Morgan fingerprint density at radius 1 is 1.39 bits per heavy atom. The molecule has 1 aromatic carbocycles. The largest absolute Gasteiger partial charge is 0.361 e. The van der Waals surface area contributed by atoms with E-state index >= 15 is 0 Å². The molecule has 5 nitrogen and oxygen atoms in total. The second-order valence-electron chi connectivity index (χ2n) is 5.78. The molecule has 2 aromatic rings. The van der Waals surface area contributed by atoms with Crippen molar-refractivity contribution in [1.82, 2.24) is 10.1 Å². The van der Waals surface area contributed by atoms with Gasteiger partial charge in [0, 0.05) is 16.2 Å². The molecule has 1 aliphatic heterocycles. The number of aromatic nitrogens is 1. The number of aryl methyl sites for hydroxylation is 1. The SMILES string of the molecule is Cc1cc(C[NH+]2CCN(C(=S)Nc3cccc(Br)c3)CC2)no1. The summed E-state index contributed by atoms with van der Waals surface area (Å²) in [5, 5.41) is 8.18. The van der Waals surface area contributed by atoms with Gasteiger partial charge in [0.15, 0.2) is 5.11 Å². The number of thiocarbonyl (C=S) groups is 1. The summed E-state index contributed by atoms with van der Waals surface area (Å²) in [5.74, 6) is 0.873. The highest BCUT2D eigenvalue weighted by molar-refractivity contribution is 9.10. The molecular weight excluding hydrogens is 376 g/mol. The average Bonchev–Trinajstić information content (AvgIpc) is 2.93. The van der Waals surface area contributed by atoms with Crippen LogP contribution in [0.1, 0.15) is 11.5 Å². The maximum absolute atomic E-state index is 5.53. The van der Waals surface area contributed by atoms with Gasteiger partial charge in [0.25, 0.3) is 0 Å². The number of benzene rings is 1. The second-order valence-corrected chi connectivity index (χ2v) is 7.09. The van der Waals surface area contributed by atoms with Crippen molar-refractivity contribution in [2.75, 3.05) is 31.5 Å². The van der Waals surface area contributed by atoms with Gasteiger partial charge in [-0.15, -0.1) is 0 Å². The molecule has 0 saturated carbocycles. The van der Waals surface area contributed by atoms with E-state index in [0.717, 1.165) is 59.5 Å². The number of nitrogens with zero attached hydrogens (tertiary/aromatic N) is 2. The van der Waals surface area contributed by atoms with Crippen molar-refractivity contribution in [3.05, 3.63) is 46.3 Å². The third-order valence-corrected chi connectivity index (χ3v) is 4.80. The van der Waals surface area contributed by atoms with E-state index in [0.29, 0.717) is 0 Å². The van der Waals surface area contributed by atoms with Gasteiger partial charge in [-0.05, 0) is 37.3 Å². The summed E-state index contributed by atoms with van der Waals surface area (Å²) >= 11 is 9.01. The molecule has 0 atom stereocenters. The van der Waals surface area contributed by atoms with Crippen molar-refractivity contribution in [2.24, 2.45) is 0 Å². The molecule has 7 heteroatoms. The number of hydrogen-bond donors (Lipinski definition) is 2. The summed E-state index contributed by atoms with van der Waals surface area (Å²) in [4.78, 5) is 3.74. The number of nitrogens with one attached hydrogen (secondary N) is 2. The van der Waals surface area contributed by atoms with Gasteiger partial charge in [-0.25, -0.2) is 0 Å². The van der Waals surface area contributed by atoms with Crippen LogP contribution >= 0.6 is 28.1 Å². The lowest BCUT2D eigenvalue weighted by Crippen LogP contribution is -3.13. The minimum atomic E-state index is 0.791. The normalized spacial score (nSPS) is 15.7. The van der Waals surface area contributed by atoms with E-state index in [9.17, 15) is 0 Å². The van der Waals surface area contributed by atoms with Gasteiger partial charge in [0.2, 0.25) is 0 Å². The molecule has 1 aromatic heterocycles. The van der Waals surface area contributed by atoms with Crippen LogP contribution in [-0.4, -0.2) is 41.3 Å². The number of halogens is 1. The third kappa shape index (κ3) is 4.53. The predicted octanol–water partition coefficient (Wildman–Crippen LogP) is 1.84. The van der Waals surface area contributed by atoms with Gasteiger partial charge in [0.05, 0.1) is 26.2 Å². The zero-order valence-corrected chi connectivity index (χ0v) is 15.4. The Hall–Kier alpha value is -1.44. The maximum atomic E-state index is 5.53. The summed E-state index contributed by atoms with van der Waals surface area (Å²) in [6.07, 6.45) is 0. The second kappa shape index (κ2) is 7.42. The molecule has 0 radical (unpaired) electrons. The van der Waals surface area contributed by atoms with Crippen LogP contribution in [0.5, 0.6) is 0 Å². The van der Waals surface area contributed by atoms with Gasteiger partial charge < -0.3 is 19.6 Å². The number of rotatable bonds is 3. The molecule has 0 spiro atoms. The Morgan fingerprint density at radius 2 is 2.17 bits per heavy atom. The van der Waals surface area contributed by atoms with Crippen molar-refractivity contribution in [2.45, 2.75) is 13.5 Å². The standard InChI is InChI=1S/C16H19BrN4OS/c1-12-9-15(19-22-12)11-20-5-7-21(8-6-20)16(23)18-14-4-2-3-13(17)10-14/h2-4,9-10H,5-8,11H2,1H3,(H,18,23)/p+1. The van der Waals surface area contributed by atoms with Crippen LogP contribution in [0.15, 0.2) is 39.3 Å². The Balaban J connectivity index is 1.49. The Kier molecular flexibility index (Phi) is 5.30. The molecule has 122 valence electrons. The van der Waals surface area contributed by atoms with Crippen molar-refractivity contribution in [3.63, 3.8) is 0 Å². The van der Waals surface area contributed by atoms with Crippen molar-refractivity contribution in [3.8, 4) is 0 Å². The summed E-state index contributed by atoms with van der Waals surface area (Å²) < 4.78 is 6.18. The topological polar surface area (TPSA) is 45.7 Å². The highest BCUT2D eigenvalue weighted by Gasteiger charge is 2.22. The summed E-state index contributed by atoms with van der Waals surface area (Å²) in [5.41, 5.74) is 2.04. The van der Waals surface area contributed by atoms with E-state index < -0.39 is 0 Å². The minimum absolute atomic E-state index is 0.791. The molecule has 1 fully saturated rings. The van der Waals surface area contributed by atoms with Crippen LogP contribution in [0, 0.1) is 6.92 Å². The first-order valence-electron chi connectivity index (χ1n) is 7.67. The maximum Gasteiger partial charge on any atom is 0.173 e. The molecule has 2 N–H and O–H groups in total. The van der Waals surface area contributed by atoms with E-state index in [1.54, 1.807) is 0 Å². The number of piperazine rings is 1. The Bertz CT molecular complexity index is 682. The summed E-state index contributed by atoms with van der Waals surface area (Å²) in [6.45, 7) is 6.84. The van der Waals surface area contributed by atoms with E-state index in [1.165, 1.54) is 4.90 Å². The van der Waals surface area contributed by atoms with Crippen LogP contribution in [0.3, 0.4) is 0 Å². The Labute approximate surface area is 149 Å². The number of anilines is 1. The first-order valence-corrected chi connectivity index (χ1v) is 8.87. The molecule has 0 bridgehead atoms. The molecule has 0 amide bonds. The first-order chi connectivity index (χ1) is 11.1. The molecule has 1 aliphatic rings. The highest BCUT2D eigenvalue weighted by atomic mass is 79.9. The van der Waals surface area contributed by atoms with Gasteiger partial charge in [-0.2, -0.15) is 0 Å². The average molecular weight is 396 g/mol. The molecular formula is C16H20BrN4OS+. The van der Waals surface area contributed by atoms with Gasteiger partial charge in [-0.1, -0.05) is 27.2 Å². The fourth-order valence-corrected chi connectivity index (χ4v) is 3.43. The quantitative estimate of drug-likeness (QED) is 0.776. The molecule has 0 aliphatic carbocycles. The van der Waals surface area contributed by atoms with E-state index in [4.69, 9.17) is 16.7 Å². The fourth-order valence-electron chi connectivity index (χ4n) is 2.73. The van der Waals surface area contributed by atoms with Gasteiger partial charge >= 0.3 is 0 Å². The lowest BCUT2D eigenvalue weighted by molar-refractivity contribution is -0.917. The lowest BCUT2D eigenvalue weighted by atomic mass is 10.3. The van der Waals surface area contributed by atoms with Crippen LogP contribution < -0.4 is 10.2 Å². The van der Waals surface area contributed by atoms with E-state index in [2.05, 4.69) is 31.3 Å². The van der Waals surface area contributed by atoms with Crippen LogP contribution in [-0.2, 0) is 6.54 Å². The Morgan fingerprint density at radius 3 is 2.83 bits per heavy atom. The molecule has 3 rings (SSSR count). The van der Waals surface area contributed by atoms with Crippen molar-refractivity contribution < 1.29 is 9.42 Å². The minimum Gasteiger partial charge on any atom is -0.361 e. The first kappa shape index (κ1) is 16.4. The molecule has 1 saturated heterocycles. The highest BCUT2D eigenvalue weighted by Crippen LogP contribution is 2.16. The zero-order valence-electron chi connectivity index (χ0n) is 13.0. The fraction of sp³-hybridized carbons (Fsp3) is 0.375. The summed E-state index contributed by atoms with van der Waals surface area (Å²) in [7, 11) is 0. The van der Waals surface area contributed by atoms with E-state index in [1.807, 2.05) is 37.3 Å². The third-order valence-electron chi connectivity index (χ3n) is 3.94. The molecule has 0 unspecified atom stereocenters. The smallest absolute Gasteiger partial charge is 0.173 e. The number of hydrogen-bond acceptors (Lipinski definition) is 3. The summed E-state index contributed by atoms with van der Waals surface area (Å²) in [6, 6.07) is 10.1.